The number of carboxylic acid groups (broad SMARTS) is 1. The summed E-state index contributed by atoms with van der Waals surface area (Å²) in [7, 11) is 0. The molecule has 23 heavy (non-hydrogen) atoms. The van der Waals surface area contributed by atoms with E-state index in [9.17, 15) is 27.9 Å². The number of aliphatic hydroxyl groups is 1. The standard InChI is InChI=1S/C16H19F3O4/c1-9(7-12(21)22)5-6-15(23)10(2)13(16(17,18)19)11(20)8-14(15,3)4/h5-7,23H,8H2,1-4H3,(H,21,22)/b6-5+,9-7-. The molecule has 0 aromatic carbocycles. The zero-order valence-electron chi connectivity index (χ0n) is 13.3. The fraction of sp³-hybridized carbons (Fsp3) is 0.500. The lowest BCUT2D eigenvalue weighted by atomic mass is 9.62. The highest BCUT2D eigenvalue weighted by molar-refractivity contribution is 5.99. The van der Waals surface area contributed by atoms with Crippen LogP contribution in [0.3, 0.4) is 0 Å². The van der Waals surface area contributed by atoms with Crippen LogP contribution in [0.25, 0.3) is 0 Å². The monoisotopic (exact) mass is 332 g/mol. The third-order valence-electron chi connectivity index (χ3n) is 4.08. The van der Waals surface area contributed by atoms with Crippen molar-refractivity contribution in [1.82, 2.24) is 0 Å². The van der Waals surface area contributed by atoms with Crippen LogP contribution in [0.4, 0.5) is 13.2 Å². The van der Waals surface area contributed by atoms with Crippen molar-refractivity contribution in [3.8, 4) is 0 Å². The number of rotatable bonds is 3. The van der Waals surface area contributed by atoms with Gasteiger partial charge in [-0.2, -0.15) is 13.2 Å². The van der Waals surface area contributed by atoms with Gasteiger partial charge in [-0.25, -0.2) is 4.79 Å². The molecule has 0 amide bonds. The second kappa shape index (κ2) is 5.96. The molecule has 1 rings (SSSR count). The van der Waals surface area contributed by atoms with Gasteiger partial charge in [0.25, 0.3) is 0 Å². The van der Waals surface area contributed by atoms with Crippen molar-refractivity contribution in [3.05, 3.63) is 34.9 Å². The van der Waals surface area contributed by atoms with E-state index in [1.807, 2.05) is 0 Å². The summed E-state index contributed by atoms with van der Waals surface area (Å²) in [5.41, 5.74) is -4.75. The SMILES string of the molecule is CC1=C(C(F)(F)F)C(=O)CC(C)(C)C1(O)/C=C/C(C)=C\C(=O)O. The summed E-state index contributed by atoms with van der Waals surface area (Å²) in [5.74, 6) is -2.27. The summed E-state index contributed by atoms with van der Waals surface area (Å²) in [4.78, 5) is 22.4. The van der Waals surface area contributed by atoms with E-state index in [1.54, 1.807) is 0 Å². The van der Waals surface area contributed by atoms with E-state index >= 15 is 0 Å². The Balaban J connectivity index is 3.50. The van der Waals surface area contributed by atoms with E-state index in [4.69, 9.17) is 5.11 Å². The normalized spacial score (nSPS) is 26.1. The lowest BCUT2D eigenvalue weighted by molar-refractivity contribution is -0.138. The average Bonchev–Trinajstić information content (AvgIpc) is 2.30. The number of carbonyl (C=O) groups is 2. The predicted molar refractivity (Wildman–Crippen MR) is 77.6 cm³/mol. The quantitative estimate of drug-likeness (QED) is 0.615. The van der Waals surface area contributed by atoms with Crippen LogP contribution >= 0.6 is 0 Å². The van der Waals surface area contributed by atoms with Crippen LogP contribution < -0.4 is 0 Å². The summed E-state index contributed by atoms with van der Waals surface area (Å²) in [6.07, 6.45) is -2.10. The molecule has 128 valence electrons. The van der Waals surface area contributed by atoms with E-state index in [0.717, 1.165) is 19.1 Å². The third kappa shape index (κ3) is 3.72. The van der Waals surface area contributed by atoms with Crippen LogP contribution in [0, 0.1) is 5.41 Å². The van der Waals surface area contributed by atoms with Gasteiger partial charge in [0.05, 0.1) is 0 Å². The molecule has 0 saturated carbocycles. The van der Waals surface area contributed by atoms with Crippen LogP contribution in [0.5, 0.6) is 0 Å². The minimum absolute atomic E-state index is 0.250. The molecule has 7 heteroatoms. The van der Waals surface area contributed by atoms with Crippen molar-refractivity contribution in [2.45, 2.75) is 45.9 Å². The Bertz CT molecular complexity index is 624. The first-order valence-electron chi connectivity index (χ1n) is 6.87. The first-order valence-corrected chi connectivity index (χ1v) is 6.87. The molecule has 0 saturated heterocycles. The maximum absolute atomic E-state index is 13.1. The molecule has 2 N–H and O–H groups in total. The first-order chi connectivity index (χ1) is 10.2. The zero-order chi connectivity index (χ0) is 18.2. The molecule has 0 aromatic rings. The van der Waals surface area contributed by atoms with Gasteiger partial charge >= 0.3 is 12.1 Å². The molecular formula is C16H19F3O4. The van der Waals surface area contributed by atoms with Gasteiger partial charge in [-0.05, 0) is 31.1 Å². The number of aliphatic carboxylic acids is 1. The molecule has 4 nitrogen and oxygen atoms in total. The third-order valence-corrected chi connectivity index (χ3v) is 4.08. The number of carboxylic acids is 1. The van der Waals surface area contributed by atoms with Crippen molar-refractivity contribution in [2.75, 3.05) is 0 Å². The summed E-state index contributed by atoms with van der Waals surface area (Å²) in [6, 6.07) is 0. The van der Waals surface area contributed by atoms with Gasteiger partial charge < -0.3 is 10.2 Å². The minimum Gasteiger partial charge on any atom is -0.478 e. The largest absolute Gasteiger partial charge is 0.478 e. The molecule has 1 atom stereocenters. The predicted octanol–water partition coefficient (Wildman–Crippen LogP) is 3.18. The van der Waals surface area contributed by atoms with E-state index in [0.29, 0.717) is 0 Å². The average molecular weight is 332 g/mol. The van der Waals surface area contributed by atoms with Crippen molar-refractivity contribution in [2.24, 2.45) is 5.41 Å². The van der Waals surface area contributed by atoms with Crippen LogP contribution in [-0.2, 0) is 9.59 Å². The minimum atomic E-state index is -4.86. The second-order valence-electron chi connectivity index (χ2n) is 6.31. The van der Waals surface area contributed by atoms with Crippen molar-refractivity contribution < 1.29 is 33.0 Å². The van der Waals surface area contributed by atoms with Gasteiger partial charge in [0, 0.05) is 17.9 Å². The molecule has 0 aliphatic heterocycles. The second-order valence-corrected chi connectivity index (χ2v) is 6.31. The van der Waals surface area contributed by atoms with Gasteiger partial charge in [-0.1, -0.05) is 19.9 Å². The molecule has 1 aliphatic carbocycles. The molecule has 0 heterocycles. The Morgan fingerprint density at radius 3 is 2.26 bits per heavy atom. The van der Waals surface area contributed by atoms with Gasteiger partial charge in [-0.3, -0.25) is 4.79 Å². The number of Topliss-reactive ketones (excluding diaryl/α,β-unsaturated/α-hetero) is 1. The van der Waals surface area contributed by atoms with Gasteiger partial charge in [0.1, 0.15) is 11.2 Å². The van der Waals surface area contributed by atoms with Gasteiger partial charge in [0.2, 0.25) is 0 Å². The van der Waals surface area contributed by atoms with Crippen molar-refractivity contribution >= 4 is 11.8 Å². The van der Waals surface area contributed by atoms with Crippen molar-refractivity contribution in [3.63, 3.8) is 0 Å². The van der Waals surface area contributed by atoms with E-state index in [2.05, 4.69) is 0 Å². The smallest absolute Gasteiger partial charge is 0.419 e. The molecule has 0 aromatic heterocycles. The number of ketones is 1. The lowest BCUT2D eigenvalue weighted by Gasteiger charge is -2.45. The molecule has 0 fully saturated rings. The molecule has 0 spiro atoms. The topological polar surface area (TPSA) is 74.6 Å². The highest BCUT2D eigenvalue weighted by Crippen LogP contribution is 2.49. The highest BCUT2D eigenvalue weighted by atomic mass is 19.4. The first kappa shape index (κ1) is 19.2. The number of halogens is 3. The van der Waals surface area contributed by atoms with Gasteiger partial charge in [-0.15, -0.1) is 0 Å². The Hall–Kier alpha value is -1.89. The Labute approximate surface area is 132 Å². The maximum atomic E-state index is 13.1. The summed E-state index contributed by atoms with van der Waals surface area (Å²) in [6.45, 7) is 5.49. The lowest BCUT2D eigenvalue weighted by Crippen LogP contribution is -2.51. The number of allylic oxidation sites excluding steroid dienone is 3. The molecule has 0 radical (unpaired) electrons. The Morgan fingerprint density at radius 1 is 1.30 bits per heavy atom. The van der Waals surface area contributed by atoms with Crippen LogP contribution in [-0.4, -0.2) is 33.7 Å². The number of hydrogen-bond donors (Lipinski definition) is 2. The molecule has 0 bridgehead atoms. The van der Waals surface area contributed by atoms with Crippen LogP contribution in [0.2, 0.25) is 0 Å². The summed E-state index contributed by atoms with van der Waals surface area (Å²) < 4.78 is 39.3. The molecule has 1 aliphatic rings. The number of hydrogen-bond acceptors (Lipinski definition) is 3. The summed E-state index contributed by atoms with van der Waals surface area (Å²) >= 11 is 0. The zero-order valence-corrected chi connectivity index (χ0v) is 13.3. The Morgan fingerprint density at radius 2 is 1.83 bits per heavy atom. The Kier molecular flexibility index (Phi) is 4.96. The van der Waals surface area contributed by atoms with E-state index in [1.165, 1.54) is 26.8 Å². The summed E-state index contributed by atoms with van der Waals surface area (Å²) in [5, 5.41) is 19.5. The van der Waals surface area contributed by atoms with Gasteiger partial charge in [0.15, 0.2) is 5.78 Å². The molecule has 1 unspecified atom stereocenters. The number of carbonyl (C=O) groups excluding carboxylic acids is 1. The molecular weight excluding hydrogens is 313 g/mol. The van der Waals surface area contributed by atoms with Crippen LogP contribution in [0.1, 0.15) is 34.1 Å². The fourth-order valence-electron chi connectivity index (χ4n) is 2.75. The van der Waals surface area contributed by atoms with Crippen LogP contribution in [0.15, 0.2) is 34.9 Å². The number of alkyl halides is 3. The van der Waals surface area contributed by atoms with Crippen molar-refractivity contribution in [1.29, 1.82) is 0 Å². The van der Waals surface area contributed by atoms with E-state index in [-0.39, 0.29) is 5.57 Å². The fourth-order valence-corrected chi connectivity index (χ4v) is 2.75. The highest BCUT2D eigenvalue weighted by Gasteiger charge is 2.55. The maximum Gasteiger partial charge on any atom is 0.419 e. The van der Waals surface area contributed by atoms with E-state index < -0.39 is 46.5 Å².